The predicted molar refractivity (Wildman–Crippen MR) is 160 cm³/mol. The standard InChI is InChI=1S/C34H31BrN2O4/c35-27-8-11-30(41-20-21-4-2-1-3-5-21)25(15-27)16-29-31(38)36-33(40)37(32(29)39)28-9-6-26(7-10-28)34-17-22-12-23(18-34)14-24(13-22)19-34/h1-11,15-16,22-24H,12-14,17-20H2,(H,36,38,40)/b29-16+. The van der Waals surface area contributed by atoms with Crippen molar-refractivity contribution >= 4 is 45.5 Å². The quantitative estimate of drug-likeness (QED) is 0.237. The molecule has 5 aliphatic rings. The van der Waals surface area contributed by atoms with E-state index in [1.54, 1.807) is 12.1 Å². The summed E-state index contributed by atoms with van der Waals surface area (Å²) in [6.07, 6.45) is 9.34. The molecule has 0 radical (unpaired) electrons. The van der Waals surface area contributed by atoms with Gasteiger partial charge in [0.25, 0.3) is 11.8 Å². The highest BCUT2D eigenvalue weighted by molar-refractivity contribution is 9.10. The molecule has 41 heavy (non-hydrogen) atoms. The Hall–Kier alpha value is -3.71. The molecule has 4 aliphatic carbocycles. The largest absolute Gasteiger partial charge is 0.488 e. The normalized spacial score (nSPS) is 27.8. The molecule has 6 nitrogen and oxygen atoms in total. The maximum absolute atomic E-state index is 13.7. The molecule has 3 aromatic carbocycles. The minimum absolute atomic E-state index is 0.127. The number of barbiturate groups is 1. The molecular weight excluding hydrogens is 580 g/mol. The second kappa shape index (κ2) is 10.3. The van der Waals surface area contributed by atoms with Crippen molar-refractivity contribution in [2.75, 3.05) is 4.90 Å². The van der Waals surface area contributed by atoms with Crippen LogP contribution in [0.3, 0.4) is 0 Å². The van der Waals surface area contributed by atoms with Crippen LogP contribution in [0, 0.1) is 17.8 Å². The molecule has 4 amide bonds. The number of anilines is 1. The molecule has 0 unspecified atom stereocenters. The predicted octanol–water partition coefficient (Wildman–Crippen LogP) is 7.16. The lowest BCUT2D eigenvalue weighted by molar-refractivity contribution is -0.122. The van der Waals surface area contributed by atoms with Gasteiger partial charge < -0.3 is 4.74 Å². The van der Waals surface area contributed by atoms with Gasteiger partial charge in [0, 0.05) is 10.0 Å². The lowest BCUT2D eigenvalue weighted by atomic mass is 9.48. The fourth-order valence-corrected chi connectivity index (χ4v) is 8.35. The monoisotopic (exact) mass is 610 g/mol. The highest BCUT2D eigenvalue weighted by atomic mass is 79.9. The molecule has 4 saturated carbocycles. The first-order valence-corrected chi connectivity index (χ1v) is 15.1. The highest BCUT2D eigenvalue weighted by Crippen LogP contribution is 2.60. The average Bonchev–Trinajstić information content (AvgIpc) is 2.95. The second-order valence-corrected chi connectivity index (χ2v) is 13.1. The van der Waals surface area contributed by atoms with E-state index < -0.39 is 17.8 Å². The Morgan fingerprint density at radius 1 is 0.878 bits per heavy atom. The van der Waals surface area contributed by atoms with E-state index in [0.29, 0.717) is 23.6 Å². The van der Waals surface area contributed by atoms with Crippen molar-refractivity contribution in [2.45, 2.75) is 50.5 Å². The summed E-state index contributed by atoms with van der Waals surface area (Å²) in [7, 11) is 0. The van der Waals surface area contributed by atoms with Gasteiger partial charge in [0.05, 0.1) is 5.69 Å². The van der Waals surface area contributed by atoms with Gasteiger partial charge in [-0.05, 0) is 109 Å². The van der Waals surface area contributed by atoms with Crippen molar-refractivity contribution in [3.8, 4) is 5.75 Å². The number of imide groups is 2. The fraction of sp³-hybridized carbons (Fsp3) is 0.324. The summed E-state index contributed by atoms with van der Waals surface area (Å²) in [5, 5.41) is 2.35. The molecule has 1 aliphatic heterocycles. The van der Waals surface area contributed by atoms with Gasteiger partial charge in [-0.25, -0.2) is 9.69 Å². The van der Waals surface area contributed by atoms with Gasteiger partial charge in [-0.3, -0.25) is 14.9 Å². The van der Waals surface area contributed by atoms with E-state index >= 15 is 0 Å². The zero-order chi connectivity index (χ0) is 28.1. The molecule has 5 fully saturated rings. The Morgan fingerprint density at radius 2 is 1.54 bits per heavy atom. The molecule has 1 heterocycles. The lowest BCUT2D eigenvalue weighted by Crippen LogP contribution is -2.54. The van der Waals surface area contributed by atoms with E-state index in [4.69, 9.17) is 4.74 Å². The first kappa shape index (κ1) is 26.2. The summed E-state index contributed by atoms with van der Waals surface area (Å²) in [5.74, 6) is 1.62. The van der Waals surface area contributed by atoms with Gasteiger partial charge in [0.2, 0.25) is 0 Å². The van der Waals surface area contributed by atoms with E-state index in [9.17, 15) is 14.4 Å². The first-order chi connectivity index (χ1) is 19.9. The van der Waals surface area contributed by atoms with E-state index in [0.717, 1.165) is 32.7 Å². The maximum Gasteiger partial charge on any atom is 0.335 e. The molecule has 0 aromatic heterocycles. The zero-order valence-electron chi connectivity index (χ0n) is 22.6. The minimum atomic E-state index is -0.741. The minimum Gasteiger partial charge on any atom is -0.488 e. The Kier molecular flexibility index (Phi) is 6.57. The number of ether oxygens (including phenoxy) is 1. The van der Waals surface area contributed by atoms with Crippen LogP contribution in [0.4, 0.5) is 10.5 Å². The van der Waals surface area contributed by atoms with Crippen LogP contribution in [0.5, 0.6) is 5.75 Å². The third-order valence-electron chi connectivity index (χ3n) is 9.39. The van der Waals surface area contributed by atoms with Crippen LogP contribution >= 0.6 is 15.9 Å². The van der Waals surface area contributed by atoms with Gasteiger partial charge >= 0.3 is 6.03 Å². The molecule has 208 valence electrons. The number of urea groups is 1. The van der Waals surface area contributed by atoms with Crippen molar-refractivity contribution in [2.24, 2.45) is 17.8 Å². The van der Waals surface area contributed by atoms with Gasteiger partial charge in [0.1, 0.15) is 17.9 Å². The Labute approximate surface area is 247 Å². The molecule has 1 saturated heterocycles. The third kappa shape index (κ3) is 4.90. The number of hydrogen-bond acceptors (Lipinski definition) is 4. The molecule has 4 bridgehead atoms. The number of halogens is 1. The van der Waals surface area contributed by atoms with Crippen LogP contribution in [0.2, 0.25) is 0 Å². The van der Waals surface area contributed by atoms with Crippen LogP contribution in [0.25, 0.3) is 6.08 Å². The summed E-state index contributed by atoms with van der Waals surface area (Å²) in [6.45, 7) is 0.333. The molecule has 8 rings (SSSR count). The average molecular weight is 612 g/mol. The molecule has 3 aromatic rings. The van der Waals surface area contributed by atoms with Crippen molar-refractivity contribution in [1.29, 1.82) is 0 Å². The van der Waals surface area contributed by atoms with E-state index in [-0.39, 0.29) is 11.0 Å². The number of nitrogens with zero attached hydrogens (tertiary/aromatic N) is 1. The number of rotatable bonds is 6. The van der Waals surface area contributed by atoms with Crippen LogP contribution in [0.1, 0.15) is 55.2 Å². The molecule has 0 atom stereocenters. The van der Waals surface area contributed by atoms with E-state index in [1.807, 2.05) is 48.5 Å². The van der Waals surface area contributed by atoms with Crippen molar-refractivity contribution in [1.82, 2.24) is 5.32 Å². The van der Waals surface area contributed by atoms with Crippen LogP contribution in [-0.4, -0.2) is 17.8 Å². The Balaban J connectivity index is 1.16. The number of hydrogen-bond donors (Lipinski definition) is 1. The molecular formula is C34H31BrN2O4. The topological polar surface area (TPSA) is 75.7 Å². The van der Waals surface area contributed by atoms with Crippen molar-refractivity contribution < 1.29 is 19.1 Å². The van der Waals surface area contributed by atoms with Crippen molar-refractivity contribution in [3.05, 3.63) is 99.5 Å². The first-order valence-electron chi connectivity index (χ1n) is 14.4. The summed E-state index contributed by atoms with van der Waals surface area (Å²) >= 11 is 3.47. The second-order valence-electron chi connectivity index (χ2n) is 12.2. The summed E-state index contributed by atoms with van der Waals surface area (Å²) in [4.78, 5) is 40.5. The SMILES string of the molecule is O=C1NC(=O)N(c2ccc(C34CC5CC(CC(C5)C3)C4)cc2)C(=O)/C1=C/c1cc(Br)ccc1OCc1ccccc1. The fourth-order valence-electron chi connectivity index (χ4n) is 7.97. The van der Waals surface area contributed by atoms with Crippen LogP contribution < -0.4 is 15.0 Å². The number of benzene rings is 3. The Morgan fingerprint density at radius 3 is 2.20 bits per heavy atom. The van der Waals surface area contributed by atoms with Crippen molar-refractivity contribution in [3.63, 3.8) is 0 Å². The van der Waals surface area contributed by atoms with Gasteiger partial charge in [-0.15, -0.1) is 0 Å². The Bertz CT molecular complexity index is 1530. The molecule has 1 N–H and O–H groups in total. The molecule has 0 spiro atoms. The van der Waals surface area contributed by atoms with E-state index in [2.05, 4.69) is 33.4 Å². The number of carbonyl (C=O) groups excluding carboxylic acids is 3. The van der Waals surface area contributed by atoms with Gasteiger partial charge in [-0.1, -0.05) is 58.4 Å². The van der Waals surface area contributed by atoms with E-state index in [1.165, 1.54) is 50.2 Å². The number of carbonyl (C=O) groups is 3. The highest BCUT2D eigenvalue weighted by Gasteiger charge is 2.51. The number of amides is 4. The summed E-state index contributed by atoms with van der Waals surface area (Å²) in [6, 6.07) is 22.3. The maximum atomic E-state index is 13.7. The van der Waals surface area contributed by atoms with Gasteiger partial charge in [0.15, 0.2) is 0 Å². The van der Waals surface area contributed by atoms with Crippen LogP contribution in [-0.2, 0) is 21.6 Å². The van der Waals surface area contributed by atoms with Gasteiger partial charge in [-0.2, -0.15) is 0 Å². The lowest BCUT2D eigenvalue weighted by Gasteiger charge is -2.57. The summed E-state index contributed by atoms with van der Waals surface area (Å²) < 4.78 is 6.82. The smallest absolute Gasteiger partial charge is 0.335 e. The molecule has 7 heteroatoms. The summed E-state index contributed by atoms with van der Waals surface area (Å²) in [5.41, 5.74) is 3.41. The zero-order valence-corrected chi connectivity index (χ0v) is 24.2. The van der Waals surface area contributed by atoms with Crippen LogP contribution in [0.15, 0.2) is 82.8 Å². The third-order valence-corrected chi connectivity index (χ3v) is 9.88. The number of nitrogens with one attached hydrogen (secondary N) is 1.